The lowest BCUT2D eigenvalue weighted by Gasteiger charge is -2.12. The van der Waals surface area contributed by atoms with E-state index < -0.39 is 0 Å². The number of nitrogens with one attached hydrogen (secondary N) is 3. The van der Waals surface area contributed by atoms with Crippen LogP contribution in [0.15, 0.2) is 65.0 Å². The number of hydrogen-bond donors (Lipinski definition) is 3. The Morgan fingerprint density at radius 3 is 2.59 bits per heavy atom. The number of rotatable bonds is 7. The zero-order chi connectivity index (χ0) is 24.1. The van der Waals surface area contributed by atoms with Crippen molar-refractivity contribution in [2.24, 2.45) is 0 Å². The van der Waals surface area contributed by atoms with Crippen LogP contribution in [0.3, 0.4) is 0 Å². The molecule has 9 heteroatoms. The number of thiazole rings is 1. The van der Waals surface area contributed by atoms with E-state index >= 15 is 0 Å². The van der Waals surface area contributed by atoms with E-state index in [1.165, 1.54) is 23.1 Å². The molecule has 3 aromatic carbocycles. The predicted octanol–water partition coefficient (Wildman–Crippen LogP) is 6.30. The number of fused-ring (bicyclic) bond motifs is 1. The van der Waals surface area contributed by atoms with Crippen molar-refractivity contribution >= 4 is 62.3 Å². The summed E-state index contributed by atoms with van der Waals surface area (Å²) in [6, 6.07) is 18.4. The zero-order valence-electron chi connectivity index (χ0n) is 19.0. The minimum Gasteiger partial charge on any atom is -0.495 e. The van der Waals surface area contributed by atoms with Crippen molar-refractivity contribution in [1.29, 1.82) is 0 Å². The van der Waals surface area contributed by atoms with Gasteiger partial charge in [0, 0.05) is 11.4 Å². The van der Waals surface area contributed by atoms with Gasteiger partial charge in [0.15, 0.2) is 4.34 Å². The van der Waals surface area contributed by atoms with Crippen molar-refractivity contribution < 1.29 is 14.3 Å². The maximum Gasteiger partial charge on any atom is 0.323 e. The molecule has 0 saturated heterocycles. The maximum absolute atomic E-state index is 12.5. The quantitative estimate of drug-likeness (QED) is 0.263. The molecule has 0 aliphatic heterocycles. The molecule has 0 aliphatic rings. The molecule has 7 nitrogen and oxygen atoms in total. The fourth-order valence-electron chi connectivity index (χ4n) is 3.27. The summed E-state index contributed by atoms with van der Waals surface area (Å²) in [5.41, 5.74) is 4.91. The molecule has 0 bridgehead atoms. The lowest BCUT2D eigenvalue weighted by Crippen LogP contribution is -2.19. The molecule has 1 heterocycles. The topological polar surface area (TPSA) is 92.3 Å². The Balaban J connectivity index is 1.37. The van der Waals surface area contributed by atoms with E-state index in [1.54, 1.807) is 13.2 Å². The standard InChI is InChI=1S/C25H24N4O3S2/c1-15-8-11-21(32-3)20(12-15)28-24(31)26-17-9-10-19-22(13-17)34-25(29-19)33-14-23(30)27-18-7-5-4-6-16(18)2/h4-13H,14H2,1-3H3,(H,27,30)(H2,26,28,31). The Hall–Kier alpha value is -3.56. The normalized spacial score (nSPS) is 10.7. The summed E-state index contributed by atoms with van der Waals surface area (Å²) >= 11 is 2.87. The second kappa shape index (κ2) is 10.6. The van der Waals surface area contributed by atoms with Crippen LogP contribution in [0.2, 0.25) is 0 Å². The first-order chi connectivity index (χ1) is 16.4. The van der Waals surface area contributed by atoms with E-state index in [9.17, 15) is 9.59 Å². The van der Waals surface area contributed by atoms with E-state index in [-0.39, 0.29) is 17.7 Å². The van der Waals surface area contributed by atoms with Crippen LogP contribution >= 0.6 is 23.1 Å². The second-order valence-electron chi connectivity index (χ2n) is 7.60. The molecule has 0 aliphatic carbocycles. The molecule has 34 heavy (non-hydrogen) atoms. The summed E-state index contributed by atoms with van der Waals surface area (Å²) in [5.74, 6) is 0.774. The summed E-state index contributed by atoms with van der Waals surface area (Å²) < 4.78 is 7.03. The monoisotopic (exact) mass is 492 g/mol. The van der Waals surface area contributed by atoms with Crippen LogP contribution in [0, 0.1) is 13.8 Å². The average Bonchev–Trinajstić information content (AvgIpc) is 3.21. The highest BCUT2D eigenvalue weighted by Crippen LogP contribution is 2.32. The molecule has 0 radical (unpaired) electrons. The van der Waals surface area contributed by atoms with Crippen LogP contribution in [0.4, 0.5) is 21.9 Å². The Morgan fingerprint density at radius 2 is 1.79 bits per heavy atom. The summed E-state index contributed by atoms with van der Waals surface area (Å²) in [7, 11) is 1.56. The first-order valence-electron chi connectivity index (χ1n) is 10.5. The lowest BCUT2D eigenvalue weighted by molar-refractivity contribution is -0.113. The fourth-order valence-corrected chi connectivity index (χ4v) is 5.18. The number of methoxy groups -OCH3 is 1. The van der Waals surface area contributed by atoms with E-state index in [4.69, 9.17) is 4.74 Å². The molecule has 0 spiro atoms. The Bertz CT molecular complexity index is 1350. The maximum atomic E-state index is 12.5. The Kier molecular flexibility index (Phi) is 7.34. The SMILES string of the molecule is COc1ccc(C)cc1NC(=O)Nc1ccc2nc(SCC(=O)Nc3ccccc3C)sc2c1. The lowest BCUT2D eigenvalue weighted by atomic mass is 10.2. The number of ether oxygens (including phenoxy) is 1. The summed E-state index contributed by atoms with van der Waals surface area (Å²) in [6.45, 7) is 3.90. The van der Waals surface area contributed by atoms with Gasteiger partial charge in [-0.2, -0.15) is 0 Å². The number of urea groups is 1. The zero-order valence-corrected chi connectivity index (χ0v) is 20.6. The number of thioether (sulfide) groups is 1. The third-order valence-corrected chi connectivity index (χ3v) is 7.14. The third-order valence-electron chi connectivity index (χ3n) is 4.98. The number of benzene rings is 3. The van der Waals surface area contributed by atoms with E-state index in [1.807, 2.05) is 68.4 Å². The van der Waals surface area contributed by atoms with Crippen molar-refractivity contribution in [3.63, 3.8) is 0 Å². The summed E-state index contributed by atoms with van der Waals surface area (Å²) in [5, 5.41) is 8.60. The van der Waals surface area contributed by atoms with Crippen LogP contribution < -0.4 is 20.7 Å². The molecule has 0 unspecified atom stereocenters. The number of amides is 3. The van der Waals surface area contributed by atoms with Gasteiger partial charge in [-0.15, -0.1) is 11.3 Å². The minimum absolute atomic E-state index is 0.0795. The second-order valence-corrected chi connectivity index (χ2v) is 9.85. The van der Waals surface area contributed by atoms with Gasteiger partial charge >= 0.3 is 6.03 Å². The van der Waals surface area contributed by atoms with Crippen LogP contribution in [0.25, 0.3) is 10.2 Å². The fraction of sp³-hybridized carbons (Fsp3) is 0.160. The summed E-state index contributed by atoms with van der Waals surface area (Å²) in [6.07, 6.45) is 0. The first-order valence-corrected chi connectivity index (χ1v) is 12.3. The number of carbonyl (C=O) groups is 2. The number of para-hydroxylation sites is 1. The highest BCUT2D eigenvalue weighted by molar-refractivity contribution is 8.01. The smallest absolute Gasteiger partial charge is 0.323 e. The molecule has 4 rings (SSSR count). The molecule has 0 atom stereocenters. The van der Waals surface area contributed by atoms with Crippen molar-refractivity contribution in [1.82, 2.24) is 4.98 Å². The van der Waals surface area contributed by atoms with Crippen LogP contribution in [0.5, 0.6) is 5.75 Å². The number of carbonyl (C=O) groups excluding carboxylic acids is 2. The Labute approximate surface area is 205 Å². The molecule has 3 amide bonds. The Morgan fingerprint density at radius 1 is 0.971 bits per heavy atom. The van der Waals surface area contributed by atoms with Crippen LogP contribution in [-0.4, -0.2) is 29.8 Å². The molecule has 0 saturated carbocycles. The third kappa shape index (κ3) is 5.86. The van der Waals surface area contributed by atoms with Crippen molar-refractivity contribution in [3.05, 3.63) is 71.8 Å². The highest BCUT2D eigenvalue weighted by Gasteiger charge is 2.12. The molecule has 0 fully saturated rings. The van der Waals surface area contributed by atoms with Gasteiger partial charge in [-0.1, -0.05) is 36.0 Å². The van der Waals surface area contributed by atoms with Crippen LogP contribution in [0.1, 0.15) is 11.1 Å². The van der Waals surface area contributed by atoms with Gasteiger partial charge < -0.3 is 20.7 Å². The first kappa shape index (κ1) is 23.6. The van der Waals surface area contributed by atoms with Crippen molar-refractivity contribution in [3.8, 4) is 5.75 Å². The predicted molar refractivity (Wildman–Crippen MR) is 141 cm³/mol. The van der Waals surface area contributed by atoms with Gasteiger partial charge in [-0.25, -0.2) is 9.78 Å². The number of hydrogen-bond acceptors (Lipinski definition) is 6. The van der Waals surface area contributed by atoms with E-state index in [2.05, 4.69) is 20.9 Å². The van der Waals surface area contributed by atoms with Gasteiger partial charge in [0.2, 0.25) is 5.91 Å². The van der Waals surface area contributed by atoms with Gasteiger partial charge in [-0.05, 0) is 61.4 Å². The molecular weight excluding hydrogens is 468 g/mol. The van der Waals surface area contributed by atoms with Gasteiger partial charge in [-0.3, -0.25) is 4.79 Å². The number of aromatic nitrogens is 1. The number of aryl methyl sites for hydroxylation is 2. The minimum atomic E-state index is -0.366. The van der Waals surface area contributed by atoms with Gasteiger partial charge in [0.25, 0.3) is 0 Å². The highest BCUT2D eigenvalue weighted by atomic mass is 32.2. The van der Waals surface area contributed by atoms with Crippen molar-refractivity contribution in [2.45, 2.75) is 18.2 Å². The van der Waals surface area contributed by atoms with Crippen molar-refractivity contribution in [2.75, 3.05) is 28.8 Å². The van der Waals surface area contributed by atoms with E-state index in [0.717, 1.165) is 31.4 Å². The number of anilines is 3. The largest absolute Gasteiger partial charge is 0.495 e. The molecule has 174 valence electrons. The average molecular weight is 493 g/mol. The molecule has 4 aromatic rings. The molecule has 1 aromatic heterocycles. The molecular formula is C25H24N4O3S2. The summed E-state index contributed by atoms with van der Waals surface area (Å²) in [4.78, 5) is 29.4. The van der Waals surface area contributed by atoms with Crippen LogP contribution in [-0.2, 0) is 4.79 Å². The van der Waals surface area contributed by atoms with E-state index in [0.29, 0.717) is 17.1 Å². The van der Waals surface area contributed by atoms with Gasteiger partial charge in [0.1, 0.15) is 5.75 Å². The number of nitrogens with zero attached hydrogens (tertiary/aromatic N) is 1. The van der Waals surface area contributed by atoms with Gasteiger partial charge in [0.05, 0.1) is 28.8 Å². The molecule has 3 N–H and O–H groups in total.